The van der Waals surface area contributed by atoms with E-state index in [0.717, 1.165) is 26.1 Å². The first kappa shape index (κ1) is 14.8. The molecule has 92 valence electrons. The Morgan fingerprint density at radius 3 is 2.47 bits per heavy atom. The molecule has 0 spiro atoms. The Morgan fingerprint density at radius 2 is 1.93 bits per heavy atom. The van der Waals surface area contributed by atoms with Gasteiger partial charge in [0.25, 0.3) is 0 Å². The summed E-state index contributed by atoms with van der Waals surface area (Å²) in [7, 11) is 0. The van der Waals surface area contributed by atoms with Gasteiger partial charge in [-0.05, 0) is 13.0 Å². The molecule has 0 aliphatic heterocycles. The van der Waals surface area contributed by atoms with Crippen molar-refractivity contribution in [1.82, 2.24) is 10.2 Å². The Kier molecular flexibility index (Phi) is 10.2. The number of hydrogen-bond donors (Lipinski definition) is 4. The van der Waals surface area contributed by atoms with Crippen molar-refractivity contribution in [3.63, 3.8) is 0 Å². The average Bonchev–Trinajstić information content (AvgIpc) is 2.24. The normalized spacial score (nSPS) is 13.4. The lowest BCUT2D eigenvalue weighted by atomic mass is 10.3. The van der Waals surface area contributed by atoms with Crippen molar-refractivity contribution in [2.75, 3.05) is 45.9 Å². The predicted molar refractivity (Wildman–Crippen MR) is 59.8 cm³/mol. The standard InChI is InChI=1S/C10H24N2O3/c1-2-4-12(6-7-13)5-3-11-8-10(15)9-14/h10-11,13-15H,2-9H2,1H3. The highest BCUT2D eigenvalue weighted by Crippen LogP contribution is 1.89. The molecule has 5 nitrogen and oxygen atoms in total. The van der Waals surface area contributed by atoms with Crippen LogP contribution in [0.5, 0.6) is 0 Å². The van der Waals surface area contributed by atoms with Gasteiger partial charge in [0.15, 0.2) is 0 Å². The van der Waals surface area contributed by atoms with Crippen LogP contribution in [-0.4, -0.2) is 72.3 Å². The van der Waals surface area contributed by atoms with Crippen LogP contribution in [0, 0.1) is 0 Å². The van der Waals surface area contributed by atoms with E-state index in [2.05, 4.69) is 17.1 Å². The highest BCUT2D eigenvalue weighted by atomic mass is 16.3. The van der Waals surface area contributed by atoms with Crippen molar-refractivity contribution < 1.29 is 15.3 Å². The van der Waals surface area contributed by atoms with Crippen LogP contribution in [0.25, 0.3) is 0 Å². The Morgan fingerprint density at radius 1 is 1.20 bits per heavy atom. The molecule has 0 amide bonds. The molecule has 0 aromatic rings. The van der Waals surface area contributed by atoms with E-state index in [-0.39, 0.29) is 13.2 Å². The maximum absolute atomic E-state index is 9.06. The minimum absolute atomic E-state index is 0.180. The highest BCUT2D eigenvalue weighted by Gasteiger charge is 2.03. The number of aliphatic hydroxyl groups is 3. The van der Waals surface area contributed by atoms with Crippen molar-refractivity contribution in [3.8, 4) is 0 Å². The molecule has 0 rings (SSSR count). The molecule has 0 aliphatic carbocycles. The van der Waals surface area contributed by atoms with Gasteiger partial charge >= 0.3 is 0 Å². The molecule has 0 aromatic heterocycles. The number of rotatable bonds is 10. The SMILES string of the molecule is CCCN(CCO)CCNCC(O)CO. The number of aliphatic hydroxyl groups excluding tert-OH is 3. The Balaban J connectivity index is 3.43. The first-order chi connectivity index (χ1) is 7.24. The molecule has 0 aliphatic rings. The number of hydrogen-bond acceptors (Lipinski definition) is 5. The number of nitrogens with zero attached hydrogens (tertiary/aromatic N) is 1. The molecule has 4 N–H and O–H groups in total. The third-order valence-electron chi connectivity index (χ3n) is 2.15. The fourth-order valence-corrected chi connectivity index (χ4v) is 1.36. The van der Waals surface area contributed by atoms with Crippen molar-refractivity contribution >= 4 is 0 Å². The van der Waals surface area contributed by atoms with Crippen molar-refractivity contribution in [2.24, 2.45) is 0 Å². The topological polar surface area (TPSA) is 76.0 Å². The van der Waals surface area contributed by atoms with Gasteiger partial charge in [-0.2, -0.15) is 0 Å². The summed E-state index contributed by atoms with van der Waals surface area (Å²) in [5.74, 6) is 0. The lowest BCUT2D eigenvalue weighted by Crippen LogP contribution is -2.37. The molecule has 15 heavy (non-hydrogen) atoms. The van der Waals surface area contributed by atoms with Crippen LogP contribution in [0.15, 0.2) is 0 Å². The van der Waals surface area contributed by atoms with Crippen LogP contribution in [0.3, 0.4) is 0 Å². The van der Waals surface area contributed by atoms with Crippen LogP contribution >= 0.6 is 0 Å². The van der Waals surface area contributed by atoms with E-state index in [1.807, 2.05) is 0 Å². The number of nitrogens with one attached hydrogen (secondary N) is 1. The lowest BCUT2D eigenvalue weighted by Gasteiger charge is -2.20. The predicted octanol–water partition coefficient (Wildman–Crippen LogP) is -1.37. The van der Waals surface area contributed by atoms with Crippen LogP contribution < -0.4 is 5.32 Å². The molecule has 0 fully saturated rings. The zero-order valence-electron chi connectivity index (χ0n) is 9.52. The molecule has 1 unspecified atom stereocenters. The summed E-state index contributed by atoms with van der Waals surface area (Å²) >= 11 is 0. The molecule has 0 aromatic carbocycles. The fourth-order valence-electron chi connectivity index (χ4n) is 1.36. The average molecular weight is 220 g/mol. The first-order valence-corrected chi connectivity index (χ1v) is 5.57. The third kappa shape index (κ3) is 8.77. The van der Waals surface area contributed by atoms with E-state index in [0.29, 0.717) is 13.1 Å². The molecule has 1 atom stereocenters. The Labute approximate surface area is 91.7 Å². The highest BCUT2D eigenvalue weighted by molar-refractivity contribution is 4.61. The van der Waals surface area contributed by atoms with Crippen LogP contribution in [0.1, 0.15) is 13.3 Å². The van der Waals surface area contributed by atoms with Crippen molar-refractivity contribution in [2.45, 2.75) is 19.4 Å². The Bertz CT molecular complexity index is 130. The van der Waals surface area contributed by atoms with Gasteiger partial charge in [0.05, 0.1) is 19.3 Å². The van der Waals surface area contributed by atoms with Gasteiger partial charge < -0.3 is 20.6 Å². The molecule has 0 saturated heterocycles. The van der Waals surface area contributed by atoms with Gasteiger partial charge in [-0.3, -0.25) is 4.90 Å². The van der Waals surface area contributed by atoms with E-state index in [9.17, 15) is 0 Å². The van der Waals surface area contributed by atoms with E-state index >= 15 is 0 Å². The molecule has 0 saturated carbocycles. The van der Waals surface area contributed by atoms with Crippen LogP contribution in [0.2, 0.25) is 0 Å². The second-order valence-electron chi connectivity index (χ2n) is 3.61. The maximum atomic E-state index is 9.06. The molecular weight excluding hydrogens is 196 g/mol. The largest absolute Gasteiger partial charge is 0.395 e. The lowest BCUT2D eigenvalue weighted by molar-refractivity contribution is 0.0935. The monoisotopic (exact) mass is 220 g/mol. The Hall–Kier alpha value is -0.200. The molecule has 0 bridgehead atoms. The van der Waals surface area contributed by atoms with Crippen molar-refractivity contribution in [1.29, 1.82) is 0 Å². The fraction of sp³-hybridized carbons (Fsp3) is 1.00. The van der Waals surface area contributed by atoms with Gasteiger partial charge in [-0.25, -0.2) is 0 Å². The van der Waals surface area contributed by atoms with Gasteiger partial charge in [0.2, 0.25) is 0 Å². The zero-order valence-corrected chi connectivity index (χ0v) is 9.52. The van der Waals surface area contributed by atoms with Crippen molar-refractivity contribution in [3.05, 3.63) is 0 Å². The van der Waals surface area contributed by atoms with Gasteiger partial charge in [-0.15, -0.1) is 0 Å². The van der Waals surface area contributed by atoms with E-state index < -0.39 is 6.10 Å². The maximum Gasteiger partial charge on any atom is 0.0894 e. The summed E-state index contributed by atoms with van der Waals surface area (Å²) in [5, 5.41) is 29.5. The van der Waals surface area contributed by atoms with Gasteiger partial charge in [0.1, 0.15) is 0 Å². The van der Waals surface area contributed by atoms with Crippen LogP contribution in [-0.2, 0) is 0 Å². The smallest absolute Gasteiger partial charge is 0.0894 e. The van der Waals surface area contributed by atoms with E-state index in [4.69, 9.17) is 15.3 Å². The molecule has 5 heteroatoms. The summed E-state index contributed by atoms with van der Waals surface area (Å²) in [6.07, 6.45) is 0.390. The summed E-state index contributed by atoms with van der Waals surface area (Å²) in [6.45, 7) is 5.77. The van der Waals surface area contributed by atoms with Crippen LogP contribution in [0.4, 0.5) is 0 Å². The minimum Gasteiger partial charge on any atom is -0.395 e. The summed E-state index contributed by atoms with van der Waals surface area (Å²) in [5.41, 5.74) is 0. The third-order valence-corrected chi connectivity index (χ3v) is 2.15. The molecule has 0 heterocycles. The first-order valence-electron chi connectivity index (χ1n) is 5.57. The second kappa shape index (κ2) is 10.3. The van der Waals surface area contributed by atoms with E-state index in [1.54, 1.807) is 0 Å². The molecular formula is C10H24N2O3. The van der Waals surface area contributed by atoms with E-state index in [1.165, 1.54) is 0 Å². The summed E-state index contributed by atoms with van der Waals surface area (Å²) in [4.78, 5) is 2.17. The van der Waals surface area contributed by atoms with Gasteiger partial charge in [-0.1, -0.05) is 6.92 Å². The zero-order chi connectivity index (χ0) is 11.5. The summed E-state index contributed by atoms with van der Waals surface area (Å²) < 4.78 is 0. The minimum atomic E-state index is -0.678. The second-order valence-corrected chi connectivity index (χ2v) is 3.61. The van der Waals surface area contributed by atoms with Gasteiger partial charge in [0, 0.05) is 26.2 Å². The summed E-state index contributed by atoms with van der Waals surface area (Å²) in [6, 6.07) is 0. The molecule has 0 radical (unpaired) electrons. The quantitative estimate of drug-likeness (QED) is 0.342.